The average molecular weight is 237 g/mol. The van der Waals surface area contributed by atoms with Crippen LogP contribution < -0.4 is 15.8 Å². The first kappa shape index (κ1) is 14.3. The van der Waals surface area contributed by atoms with Crippen LogP contribution in [0.2, 0.25) is 0 Å². The van der Waals surface area contributed by atoms with Crippen molar-refractivity contribution in [1.29, 1.82) is 0 Å². The lowest BCUT2D eigenvalue weighted by molar-refractivity contribution is -0.122. The fourth-order valence-electron chi connectivity index (χ4n) is 1.01. The fourth-order valence-corrected chi connectivity index (χ4v) is 2.08. The normalized spacial score (nSPS) is 14.7. The molecule has 0 aromatic carbocycles. The van der Waals surface area contributed by atoms with E-state index in [4.69, 9.17) is 5.73 Å². The van der Waals surface area contributed by atoms with Gasteiger partial charge in [0.25, 0.3) is 0 Å². The number of carbonyl (C=O) groups excluding carboxylic acids is 1. The highest BCUT2D eigenvalue weighted by molar-refractivity contribution is 7.88. The minimum atomic E-state index is -3.28. The van der Waals surface area contributed by atoms with E-state index in [1.165, 1.54) is 0 Å². The molecule has 1 atom stereocenters. The Morgan fingerprint density at radius 1 is 1.47 bits per heavy atom. The largest absolute Gasteiger partial charge is 0.353 e. The van der Waals surface area contributed by atoms with Crippen LogP contribution in [0, 0.1) is 0 Å². The van der Waals surface area contributed by atoms with Crippen molar-refractivity contribution < 1.29 is 13.2 Å². The highest BCUT2D eigenvalue weighted by Crippen LogP contribution is 2.01. The van der Waals surface area contributed by atoms with E-state index in [9.17, 15) is 13.2 Å². The van der Waals surface area contributed by atoms with Crippen LogP contribution in [0.15, 0.2) is 0 Å². The van der Waals surface area contributed by atoms with Crippen molar-refractivity contribution in [2.24, 2.45) is 5.73 Å². The molecule has 0 aliphatic heterocycles. The molecule has 0 aliphatic carbocycles. The summed E-state index contributed by atoms with van der Waals surface area (Å²) in [4.78, 5) is 11.1. The summed E-state index contributed by atoms with van der Waals surface area (Å²) in [5, 5.41) is 2.55. The molecule has 15 heavy (non-hydrogen) atoms. The van der Waals surface area contributed by atoms with Crippen molar-refractivity contribution in [3.8, 4) is 0 Å². The smallest absolute Gasteiger partial charge is 0.236 e. The van der Waals surface area contributed by atoms with Gasteiger partial charge in [0.05, 0.1) is 12.3 Å². The van der Waals surface area contributed by atoms with Gasteiger partial charge in [0, 0.05) is 12.1 Å². The first-order chi connectivity index (χ1) is 6.53. The molecule has 6 nitrogen and oxygen atoms in total. The summed E-state index contributed by atoms with van der Waals surface area (Å²) >= 11 is 0. The van der Waals surface area contributed by atoms with Gasteiger partial charge in [-0.05, 0) is 20.8 Å². The van der Waals surface area contributed by atoms with Gasteiger partial charge in [-0.15, -0.1) is 0 Å². The van der Waals surface area contributed by atoms with E-state index in [1.54, 1.807) is 20.8 Å². The Morgan fingerprint density at radius 2 is 1.93 bits per heavy atom. The molecule has 4 N–H and O–H groups in total. The molecule has 0 aromatic rings. The third-order valence-corrected chi connectivity index (χ3v) is 2.50. The monoisotopic (exact) mass is 237 g/mol. The third kappa shape index (κ3) is 7.29. The van der Waals surface area contributed by atoms with Crippen LogP contribution in [0.3, 0.4) is 0 Å². The SMILES string of the molecule is C[C@@H](N)C(=O)NCC(C)(C)NS(C)(=O)=O. The van der Waals surface area contributed by atoms with Crippen LogP contribution in [-0.2, 0) is 14.8 Å². The number of hydrogen-bond acceptors (Lipinski definition) is 4. The fraction of sp³-hybridized carbons (Fsp3) is 0.875. The standard InChI is InChI=1S/C8H19N3O3S/c1-6(9)7(12)10-5-8(2,3)11-15(4,13)14/h6,11H,5,9H2,1-4H3,(H,10,12)/t6-/m1/s1. The number of nitrogens with one attached hydrogen (secondary N) is 2. The highest BCUT2D eigenvalue weighted by atomic mass is 32.2. The molecule has 1 amide bonds. The van der Waals surface area contributed by atoms with Gasteiger partial charge < -0.3 is 11.1 Å². The van der Waals surface area contributed by atoms with Gasteiger partial charge in [-0.1, -0.05) is 0 Å². The molecular formula is C8H19N3O3S. The Morgan fingerprint density at radius 3 is 2.27 bits per heavy atom. The maximum atomic E-state index is 11.1. The summed E-state index contributed by atoms with van der Waals surface area (Å²) in [6, 6.07) is -0.598. The molecule has 0 aromatic heterocycles. The second kappa shape index (κ2) is 4.91. The Hall–Kier alpha value is -0.660. The lowest BCUT2D eigenvalue weighted by Crippen LogP contribution is -2.53. The van der Waals surface area contributed by atoms with Crippen molar-refractivity contribution in [3.63, 3.8) is 0 Å². The predicted octanol–water partition coefficient (Wildman–Crippen LogP) is -1.22. The number of hydrogen-bond donors (Lipinski definition) is 3. The third-order valence-electron chi connectivity index (χ3n) is 1.58. The van der Waals surface area contributed by atoms with Crippen molar-refractivity contribution in [2.75, 3.05) is 12.8 Å². The zero-order chi connectivity index (χ0) is 12.3. The molecule has 0 radical (unpaired) electrons. The Bertz CT molecular complexity index is 322. The second-order valence-electron chi connectivity index (χ2n) is 4.26. The van der Waals surface area contributed by atoms with E-state index in [0.29, 0.717) is 0 Å². The minimum Gasteiger partial charge on any atom is -0.353 e. The maximum absolute atomic E-state index is 11.1. The summed E-state index contributed by atoms with van der Waals surface area (Å²) < 4.78 is 24.4. The van der Waals surface area contributed by atoms with Crippen LogP contribution in [0.25, 0.3) is 0 Å². The number of amides is 1. The van der Waals surface area contributed by atoms with E-state index in [2.05, 4.69) is 10.0 Å². The highest BCUT2D eigenvalue weighted by Gasteiger charge is 2.23. The summed E-state index contributed by atoms with van der Waals surface area (Å²) in [7, 11) is -3.28. The minimum absolute atomic E-state index is 0.195. The van der Waals surface area contributed by atoms with E-state index in [1.807, 2.05) is 0 Å². The first-order valence-electron chi connectivity index (χ1n) is 4.56. The molecule has 0 bridgehead atoms. The van der Waals surface area contributed by atoms with Crippen LogP contribution in [-0.4, -0.2) is 38.7 Å². The molecule has 0 fully saturated rings. The lowest BCUT2D eigenvalue weighted by atomic mass is 10.1. The molecule has 0 spiro atoms. The second-order valence-corrected chi connectivity index (χ2v) is 6.01. The van der Waals surface area contributed by atoms with Crippen LogP contribution in [0.4, 0.5) is 0 Å². The molecule has 0 heterocycles. The van der Waals surface area contributed by atoms with Gasteiger partial charge in [0.1, 0.15) is 0 Å². The molecule has 90 valence electrons. The van der Waals surface area contributed by atoms with E-state index < -0.39 is 21.6 Å². The zero-order valence-electron chi connectivity index (χ0n) is 9.49. The van der Waals surface area contributed by atoms with E-state index in [-0.39, 0.29) is 12.5 Å². The van der Waals surface area contributed by atoms with Crippen LogP contribution >= 0.6 is 0 Å². The van der Waals surface area contributed by atoms with Gasteiger partial charge in [0.15, 0.2) is 0 Å². The van der Waals surface area contributed by atoms with E-state index in [0.717, 1.165) is 6.26 Å². The number of carbonyl (C=O) groups is 1. The number of rotatable bonds is 5. The molecule has 7 heteroatoms. The Kier molecular flexibility index (Phi) is 4.69. The van der Waals surface area contributed by atoms with Gasteiger partial charge in [-0.3, -0.25) is 4.79 Å². The maximum Gasteiger partial charge on any atom is 0.236 e. The van der Waals surface area contributed by atoms with Gasteiger partial charge in [-0.2, -0.15) is 0 Å². The number of nitrogens with two attached hydrogens (primary N) is 1. The summed E-state index contributed by atoms with van der Waals surface area (Å²) in [5.74, 6) is -0.307. The zero-order valence-corrected chi connectivity index (χ0v) is 10.3. The number of sulfonamides is 1. The van der Waals surface area contributed by atoms with Crippen molar-refractivity contribution in [3.05, 3.63) is 0 Å². The molecule has 0 saturated heterocycles. The molecule has 0 aliphatic rings. The topological polar surface area (TPSA) is 101 Å². The lowest BCUT2D eigenvalue weighted by Gasteiger charge is -2.25. The van der Waals surface area contributed by atoms with Gasteiger partial charge in [0.2, 0.25) is 15.9 Å². The van der Waals surface area contributed by atoms with Crippen molar-refractivity contribution in [2.45, 2.75) is 32.4 Å². The average Bonchev–Trinajstić information content (AvgIpc) is 1.95. The molecule has 0 unspecified atom stereocenters. The molecule has 0 saturated carbocycles. The Labute approximate surface area is 90.7 Å². The van der Waals surface area contributed by atoms with Crippen LogP contribution in [0.5, 0.6) is 0 Å². The van der Waals surface area contributed by atoms with Crippen molar-refractivity contribution >= 4 is 15.9 Å². The first-order valence-corrected chi connectivity index (χ1v) is 6.45. The summed E-state index contributed by atoms with van der Waals surface area (Å²) in [6.45, 7) is 5.11. The van der Waals surface area contributed by atoms with Crippen molar-refractivity contribution in [1.82, 2.24) is 10.0 Å². The summed E-state index contributed by atoms with van der Waals surface area (Å²) in [5.41, 5.74) is 4.62. The van der Waals surface area contributed by atoms with Gasteiger partial charge >= 0.3 is 0 Å². The summed E-state index contributed by atoms with van der Waals surface area (Å²) in [6.07, 6.45) is 1.07. The Balaban J connectivity index is 4.22. The van der Waals surface area contributed by atoms with E-state index >= 15 is 0 Å². The van der Waals surface area contributed by atoms with Crippen LogP contribution in [0.1, 0.15) is 20.8 Å². The quantitative estimate of drug-likeness (QED) is 0.557. The van der Waals surface area contributed by atoms with Gasteiger partial charge in [-0.25, -0.2) is 13.1 Å². The molecule has 0 rings (SSSR count). The predicted molar refractivity (Wildman–Crippen MR) is 58.7 cm³/mol. The molecular weight excluding hydrogens is 218 g/mol.